The molecule has 0 amide bonds. The number of nitrogens with zero attached hydrogens (tertiary/aromatic N) is 2. The summed E-state index contributed by atoms with van der Waals surface area (Å²) in [6.07, 6.45) is 59.9. The number of aromatic nitrogens is 2. The van der Waals surface area contributed by atoms with E-state index in [2.05, 4.69) is 242 Å². The Morgan fingerprint density at radius 3 is 1.77 bits per heavy atom. The van der Waals surface area contributed by atoms with E-state index in [1.165, 1.54) is 43.8 Å². The van der Waals surface area contributed by atoms with Crippen LogP contribution in [0.25, 0.3) is 21.8 Å². The fourth-order valence-electron chi connectivity index (χ4n) is 5.60. The molecule has 71 heavy (non-hydrogen) atoms. The predicted molar refractivity (Wildman–Crippen MR) is 331 cm³/mol. The van der Waals surface area contributed by atoms with Crippen LogP contribution in [0.4, 0.5) is 0 Å². The molecular weight excluding hydrogens is 903 g/mol. The summed E-state index contributed by atoms with van der Waals surface area (Å²) < 4.78 is 11.1. The SMILES string of the molecule is C#C.C#C.C#CC.C/C=C\C(=C/C)Pn1ccc2ccccc21.C/C=C\C=C(/C)C/C=C/CC.C/C=C\CP(O/C(C)=C(/C)CC(/C=C\C)=C(C)\C=C/CO)n1ccc2ccccc21.C=CC.CC.CC. The number of aliphatic hydroxyl groups excluding tert-OH is 1. The van der Waals surface area contributed by atoms with Crippen LogP contribution in [0.15, 0.2) is 204 Å². The maximum Gasteiger partial charge on any atom is 0.199 e. The van der Waals surface area contributed by atoms with Crippen molar-refractivity contribution in [2.45, 2.75) is 130 Å². The highest BCUT2D eigenvalue weighted by Crippen LogP contribution is 2.45. The van der Waals surface area contributed by atoms with Crippen molar-refractivity contribution in [3.63, 3.8) is 0 Å². The van der Waals surface area contributed by atoms with Crippen LogP contribution in [0.3, 0.4) is 0 Å². The average Bonchev–Trinajstić information content (AvgIpc) is 4.03. The third-order valence-electron chi connectivity index (χ3n) is 8.88. The summed E-state index contributed by atoms with van der Waals surface area (Å²) in [7, 11) is -0.191. The monoisotopic (exact) mass is 997 g/mol. The molecule has 386 valence electrons. The Balaban J connectivity index is -0.000000297. The molecule has 0 saturated carbocycles. The second kappa shape index (κ2) is 54.9. The van der Waals surface area contributed by atoms with Gasteiger partial charge in [-0.2, -0.15) is 0 Å². The van der Waals surface area contributed by atoms with Gasteiger partial charge in [-0.15, -0.1) is 44.6 Å². The van der Waals surface area contributed by atoms with E-state index in [4.69, 9.17) is 9.63 Å². The minimum atomic E-state index is -0.863. The van der Waals surface area contributed by atoms with Crippen molar-refractivity contribution < 1.29 is 9.63 Å². The van der Waals surface area contributed by atoms with Gasteiger partial charge in [-0.25, -0.2) is 0 Å². The van der Waals surface area contributed by atoms with Crippen molar-refractivity contribution in [1.29, 1.82) is 0 Å². The summed E-state index contributed by atoms with van der Waals surface area (Å²) in [4.78, 5) is 0. The molecule has 2 heterocycles. The van der Waals surface area contributed by atoms with Crippen molar-refractivity contribution in [2.24, 2.45) is 0 Å². The van der Waals surface area contributed by atoms with Gasteiger partial charge in [0.2, 0.25) is 0 Å². The molecule has 0 fully saturated rings. The maximum atomic E-state index is 9.07. The van der Waals surface area contributed by atoms with E-state index in [-0.39, 0.29) is 6.61 Å². The molecule has 1 N–H and O–H groups in total. The van der Waals surface area contributed by atoms with E-state index in [9.17, 15) is 0 Å². The summed E-state index contributed by atoms with van der Waals surface area (Å²) in [6, 6.07) is 21.3. The normalized spacial score (nSPS) is 12.1. The van der Waals surface area contributed by atoms with Crippen LogP contribution in [0, 0.1) is 38.0 Å². The molecule has 0 aliphatic rings. The predicted octanol–water partition coefficient (Wildman–Crippen LogP) is 20.3. The molecule has 0 spiro atoms. The number of hydrogen-bond donors (Lipinski definition) is 1. The lowest BCUT2D eigenvalue weighted by atomic mass is 10.00. The molecule has 2 aromatic carbocycles. The molecule has 0 radical (unpaired) electrons. The Kier molecular flexibility index (Phi) is 57.1. The quantitative estimate of drug-likeness (QED) is 0.0376. The molecule has 2 unspecified atom stereocenters. The first-order valence-electron chi connectivity index (χ1n) is 24.6. The Morgan fingerprint density at radius 1 is 0.732 bits per heavy atom. The van der Waals surface area contributed by atoms with Crippen LogP contribution in [0.5, 0.6) is 0 Å². The fourth-order valence-corrected chi connectivity index (χ4v) is 8.56. The topological polar surface area (TPSA) is 39.3 Å². The molecule has 4 rings (SSSR count). The van der Waals surface area contributed by atoms with Gasteiger partial charge in [0.05, 0.1) is 23.4 Å². The molecule has 2 aromatic heterocycles. The summed E-state index contributed by atoms with van der Waals surface area (Å²) in [6.45, 7) is 35.8. The molecule has 6 heteroatoms. The van der Waals surface area contributed by atoms with Crippen LogP contribution in [-0.2, 0) is 4.52 Å². The number of aliphatic hydroxyl groups is 1. The molecule has 2 atom stereocenters. The van der Waals surface area contributed by atoms with Gasteiger partial charge in [-0.05, 0) is 152 Å². The van der Waals surface area contributed by atoms with Crippen LogP contribution in [0.1, 0.15) is 130 Å². The van der Waals surface area contributed by atoms with E-state index in [1.807, 2.05) is 67.5 Å². The summed E-state index contributed by atoms with van der Waals surface area (Å²) in [5, 5.41) is 13.0. The van der Waals surface area contributed by atoms with Crippen molar-refractivity contribution in [3.8, 4) is 38.0 Å². The summed E-state index contributed by atoms with van der Waals surface area (Å²) >= 11 is 0. The van der Waals surface area contributed by atoms with Gasteiger partial charge < -0.3 is 14.0 Å². The first kappa shape index (κ1) is 73.9. The highest BCUT2D eigenvalue weighted by atomic mass is 31.2. The number of terminal acetylenes is 3. The number of benzene rings is 2. The first-order chi connectivity index (χ1) is 34.5. The van der Waals surface area contributed by atoms with E-state index in [1.54, 1.807) is 19.1 Å². The van der Waals surface area contributed by atoms with Gasteiger partial charge in [0.1, 0.15) is 0 Å². The Bertz CT molecular complexity index is 2330. The van der Waals surface area contributed by atoms with Gasteiger partial charge in [0.25, 0.3) is 0 Å². The zero-order valence-corrected chi connectivity index (χ0v) is 48.8. The van der Waals surface area contributed by atoms with Crippen molar-refractivity contribution >= 4 is 38.8 Å². The molecular formula is C65H94N2O2P2. The van der Waals surface area contributed by atoms with Crippen LogP contribution in [-0.4, -0.2) is 26.6 Å². The molecule has 0 saturated heterocycles. The van der Waals surface area contributed by atoms with Crippen molar-refractivity contribution in [3.05, 3.63) is 204 Å². The summed E-state index contributed by atoms with van der Waals surface area (Å²) in [5.41, 5.74) is 7.52. The number of hydrogen-bond acceptors (Lipinski definition) is 2. The lowest BCUT2D eigenvalue weighted by molar-refractivity contribution is 0.342. The average molecular weight is 997 g/mol. The minimum absolute atomic E-state index is 0.0531. The molecule has 4 aromatic rings. The van der Waals surface area contributed by atoms with E-state index in [0.29, 0.717) is 8.73 Å². The first-order valence-corrected chi connectivity index (χ1v) is 26.9. The second-order valence-corrected chi connectivity index (χ2v) is 17.1. The highest BCUT2D eigenvalue weighted by molar-refractivity contribution is 7.51. The van der Waals surface area contributed by atoms with Gasteiger partial charge in [0, 0.05) is 27.3 Å². The van der Waals surface area contributed by atoms with Crippen molar-refractivity contribution in [2.75, 3.05) is 12.8 Å². The number of fused-ring (bicyclic) bond motifs is 2. The third kappa shape index (κ3) is 35.7. The second-order valence-electron chi connectivity index (χ2n) is 14.1. The van der Waals surface area contributed by atoms with Crippen LogP contribution < -0.4 is 0 Å². The summed E-state index contributed by atoms with van der Waals surface area (Å²) in [5.74, 6) is 3.23. The van der Waals surface area contributed by atoms with Gasteiger partial charge in [-0.3, -0.25) is 4.34 Å². The van der Waals surface area contributed by atoms with Gasteiger partial charge >= 0.3 is 0 Å². The van der Waals surface area contributed by atoms with Gasteiger partial charge in [-0.1, -0.05) is 168 Å². The number of rotatable bonds is 17. The van der Waals surface area contributed by atoms with Gasteiger partial charge in [0.15, 0.2) is 8.30 Å². The molecule has 0 aliphatic heterocycles. The lowest BCUT2D eigenvalue weighted by Gasteiger charge is -2.21. The zero-order chi connectivity index (χ0) is 55.3. The number of allylic oxidation sites excluding steroid dienone is 20. The van der Waals surface area contributed by atoms with E-state index in [0.717, 1.165) is 36.8 Å². The standard InChI is InChI=1S/C26H34NO2P.C14H16NP.C11H18.C3H6.C3H4.2C2H6.2C2H2/c1-6-8-19-30(27-17-16-24-14-9-10-15-26(24)27)29-23(5)22(4)20-25(12-7-2)21(3)13-11-18-28;1-3-7-13(4-2)16-15-11-10-12-8-5-6-9-14(12)15;1-4-6-8-10-11(3)9-7-5-2;2*1-3-2;4*1-2/h6-17,28H,18-20H2,1-5H3;3-11,16H,1-2H3;5-9H,4,10H2,1-3H3;3H,1H2,2H3;1H,2H3;2*1-2H3;2*1-2H/b8-6-,12-7-,13-11-,23-22-,25-21-;7-3-,13-4+;7-5-,8-6+,11-9+;;;;;;. The smallest absolute Gasteiger partial charge is 0.199 e. The third-order valence-corrected chi connectivity index (χ3v) is 12.1. The van der Waals surface area contributed by atoms with Crippen LogP contribution >= 0.6 is 17.0 Å². The Morgan fingerprint density at radius 2 is 1.27 bits per heavy atom. The zero-order valence-electron chi connectivity index (χ0n) is 46.9. The molecule has 0 aliphatic carbocycles. The Hall–Kier alpha value is -6.04. The van der Waals surface area contributed by atoms with E-state index >= 15 is 0 Å². The van der Waals surface area contributed by atoms with Crippen LogP contribution in [0.2, 0.25) is 0 Å². The fraction of sp³-hybridized carbons (Fsp3) is 0.323. The van der Waals surface area contributed by atoms with Crippen molar-refractivity contribution in [1.82, 2.24) is 8.68 Å². The lowest BCUT2D eigenvalue weighted by Crippen LogP contribution is -1.99. The Labute approximate surface area is 440 Å². The maximum absolute atomic E-state index is 9.07. The largest absolute Gasteiger partial charge is 0.457 e. The molecule has 4 nitrogen and oxygen atoms in total. The molecule has 0 bridgehead atoms. The van der Waals surface area contributed by atoms with E-state index < -0.39 is 8.30 Å². The minimum Gasteiger partial charge on any atom is -0.457 e. The highest BCUT2D eigenvalue weighted by Gasteiger charge is 2.16. The number of para-hydroxylation sites is 2.